The summed E-state index contributed by atoms with van der Waals surface area (Å²) in [5.41, 5.74) is 2.54. The highest BCUT2D eigenvalue weighted by Crippen LogP contribution is 2.59. The van der Waals surface area contributed by atoms with E-state index in [4.69, 9.17) is 21.3 Å². The van der Waals surface area contributed by atoms with Gasteiger partial charge in [0.25, 0.3) is 5.56 Å². The van der Waals surface area contributed by atoms with Crippen LogP contribution in [0.25, 0.3) is 22.5 Å². The Morgan fingerprint density at radius 1 is 1.14 bits per heavy atom. The molecule has 3 atom stereocenters. The first-order valence-corrected chi connectivity index (χ1v) is 14.0. The molecule has 3 aliphatic rings. The van der Waals surface area contributed by atoms with E-state index in [1.54, 1.807) is 55.8 Å². The number of halogens is 2. The van der Waals surface area contributed by atoms with Crippen LogP contribution in [0.4, 0.5) is 15.0 Å². The molecule has 0 radical (unpaired) electrons. The number of rotatable bonds is 5. The quantitative estimate of drug-likeness (QED) is 0.316. The van der Waals surface area contributed by atoms with Gasteiger partial charge in [0.1, 0.15) is 23.6 Å². The number of hydrogen-bond donors (Lipinski definition) is 1. The van der Waals surface area contributed by atoms with Crippen LogP contribution >= 0.6 is 11.6 Å². The molecule has 0 unspecified atom stereocenters. The number of amides is 1. The number of tetrazole rings is 1. The molecule has 1 fully saturated rings. The summed E-state index contributed by atoms with van der Waals surface area (Å²) in [4.78, 5) is 39.1. The van der Waals surface area contributed by atoms with Crippen LogP contribution in [0.5, 0.6) is 0 Å². The van der Waals surface area contributed by atoms with Crippen LogP contribution in [0.1, 0.15) is 57.0 Å². The minimum Gasteiger partial charge on any atom is -0.444 e. The van der Waals surface area contributed by atoms with Crippen LogP contribution in [0.3, 0.4) is 0 Å². The number of anilines is 1. The third kappa shape index (κ3) is 4.99. The van der Waals surface area contributed by atoms with Crippen LogP contribution in [0.2, 0.25) is 5.02 Å². The number of hydrogen-bond acceptors (Lipinski definition) is 9. The molecule has 1 N–H and O–H groups in total. The van der Waals surface area contributed by atoms with Crippen molar-refractivity contribution in [2.75, 3.05) is 5.32 Å². The van der Waals surface area contributed by atoms with Gasteiger partial charge in [0.15, 0.2) is 0 Å². The highest BCUT2D eigenvalue weighted by Gasteiger charge is 2.55. The van der Waals surface area contributed by atoms with Gasteiger partial charge in [-0.15, -0.1) is 5.10 Å². The third-order valence-corrected chi connectivity index (χ3v) is 7.82. The maximum absolute atomic E-state index is 15.1. The van der Waals surface area contributed by atoms with Crippen molar-refractivity contribution in [3.8, 4) is 16.9 Å². The second-order valence-corrected chi connectivity index (χ2v) is 12.1. The molecule has 7 rings (SSSR count). The molecule has 0 spiro atoms. The van der Waals surface area contributed by atoms with Crippen LogP contribution < -0.4 is 10.9 Å². The molecule has 4 aromatic rings. The molecule has 5 heterocycles. The fourth-order valence-corrected chi connectivity index (χ4v) is 5.94. The van der Waals surface area contributed by atoms with E-state index in [-0.39, 0.29) is 34.8 Å². The first-order valence-electron chi connectivity index (χ1n) is 13.6. The maximum atomic E-state index is 15.1. The first-order chi connectivity index (χ1) is 20.6. The maximum Gasteiger partial charge on any atom is 0.413 e. The molecular weight excluding hydrogens is 577 g/mol. The van der Waals surface area contributed by atoms with Crippen molar-refractivity contribution >= 4 is 34.8 Å². The molecule has 1 aromatic carbocycles. The summed E-state index contributed by atoms with van der Waals surface area (Å²) >= 11 is 6.31. The summed E-state index contributed by atoms with van der Waals surface area (Å²) in [7, 11) is 0. The number of nitrogens with one attached hydrogen (secondary N) is 1. The number of pyridine rings is 1. The van der Waals surface area contributed by atoms with Crippen molar-refractivity contribution in [3.63, 3.8) is 0 Å². The fraction of sp³-hybridized carbons (Fsp3) is 0.310. The molecular formula is C29H25ClFN9O3. The Hall–Kier alpha value is -4.78. The summed E-state index contributed by atoms with van der Waals surface area (Å²) < 4.78 is 23.5. The van der Waals surface area contributed by atoms with Crippen LogP contribution in [-0.2, 0) is 4.74 Å². The zero-order chi connectivity index (χ0) is 30.0. The van der Waals surface area contributed by atoms with Gasteiger partial charge in [0, 0.05) is 46.5 Å². The molecule has 0 saturated heterocycles. The monoisotopic (exact) mass is 601 g/mol. The summed E-state index contributed by atoms with van der Waals surface area (Å²) in [6, 6.07) is 9.52. The normalized spacial score (nSPS) is 20.3. The Morgan fingerprint density at radius 3 is 2.72 bits per heavy atom. The van der Waals surface area contributed by atoms with E-state index in [9.17, 15) is 9.59 Å². The number of carbonyl (C=O) groups is 1. The largest absolute Gasteiger partial charge is 0.444 e. The summed E-state index contributed by atoms with van der Waals surface area (Å²) in [6.07, 6.45) is 3.60. The van der Waals surface area contributed by atoms with Gasteiger partial charge in [0.05, 0.1) is 17.4 Å². The summed E-state index contributed by atoms with van der Waals surface area (Å²) in [5, 5.41) is 14.3. The van der Waals surface area contributed by atoms with Crippen LogP contribution in [0.15, 0.2) is 58.7 Å². The summed E-state index contributed by atoms with van der Waals surface area (Å²) in [6.45, 7) is 5.20. The zero-order valence-corrected chi connectivity index (χ0v) is 24.1. The molecule has 218 valence electrons. The van der Waals surface area contributed by atoms with Gasteiger partial charge >= 0.3 is 6.09 Å². The second-order valence-electron chi connectivity index (χ2n) is 11.7. The number of nitrogens with zero attached hydrogens (tertiary/aromatic N) is 8. The van der Waals surface area contributed by atoms with E-state index >= 15 is 4.39 Å². The lowest BCUT2D eigenvalue weighted by molar-refractivity contribution is 0.0635. The predicted octanol–water partition coefficient (Wildman–Crippen LogP) is 4.96. The smallest absolute Gasteiger partial charge is 0.413 e. The zero-order valence-electron chi connectivity index (χ0n) is 23.3. The minimum atomic E-state index is -0.740. The Morgan fingerprint density at radius 2 is 1.98 bits per heavy atom. The predicted molar refractivity (Wildman–Crippen MR) is 156 cm³/mol. The number of benzene rings is 1. The SMILES string of the molecule is CC(C)(C)OC(=O)Nc1ccc(C2=CN=C([C@@H]3[C@H]4C[C@H]4c4nc(-c5cc(Cl)ccc5-n5cnnn5)cc(=O)n43)C2)c(F)n1. The van der Waals surface area contributed by atoms with Crippen molar-refractivity contribution in [3.05, 3.63) is 81.6 Å². The van der Waals surface area contributed by atoms with E-state index in [0.717, 1.165) is 12.1 Å². The molecule has 2 aliphatic heterocycles. The number of allylic oxidation sites excluding steroid dienone is 1. The standard InChI is InChI=1S/C29H25ClFN9O3/c1-29(2,3)43-28(42)36-23-7-5-16(26(31)35-23)14-8-21(32-12-14)25-17-10-18(17)27-34-20(11-24(41)40(25)27)19-9-15(30)4-6-22(19)39-13-33-37-38-39/h4-7,9,11-13,17-18,25H,8,10H2,1-3H3,(H,35,36,42)/t17-,18+,25-/m0/s1. The molecule has 1 aliphatic carbocycles. The Balaban J connectivity index is 1.13. The van der Waals surface area contributed by atoms with Gasteiger partial charge in [0.2, 0.25) is 5.95 Å². The van der Waals surface area contributed by atoms with Gasteiger partial charge < -0.3 is 4.74 Å². The lowest BCUT2D eigenvalue weighted by Gasteiger charge is -2.20. The number of carbonyl (C=O) groups excluding carboxylic acids is 1. The number of ether oxygens (including phenoxy) is 1. The number of aromatic nitrogens is 7. The lowest BCUT2D eigenvalue weighted by atomic mass is 9.98. The van der Waals surface area contributed by atoms with Gasteiger partial charge in [-0.05, 0) is 79.4 Å². The van der Waals surface area contributed by atoms with Crippen LogP contribution in [-0.4, -0.2) is 52.1 Å². The Kier molecular flexibility index (Phi) is 6.24. The molecule has 1 amide bonds. The van der Waals surface area contributed by atoms with Crippen molar-refractivity contribution < 1.29 is 13.9 Å². The van der Waals surface area contributed by atoms with E-state index in [0.29, 0.717) is 39.8 Å². The fourth-order valence-electron chi connectivity index (χ4n) is 5.77. The number of aliphatic imine (C=N–C) groups is 1. The van der Waals surface area contributed by atoms with E-state index in [2.05, 4.69) is 30.8 Å². The van der Waals surface area contributed by atoms with Crippen molar-refractivity contribution in [1.82, 2.24) is 34.7 Å². The van der Waals surface area contributed by atoms with Crippen LogP contribution in [0, 0.1) is 11.9 Å². The Labute approximate surface area is 249 Å². The lowest BCUT2D eigenvalue weighted by Crippen LogP contribution is -2.30. The van der Waals surface area contributed by atoms with E-state index in [1.165, 1.54) is 23.1 Å². The average Bonchev–Trinajstić information content (AvgIpc) is 3.28. The van der Waals surface area contributed by atoms with Gasteiger partial charge in [-0.25, -0.2) is 14.8 Å². The van der Waals surface area contributed by atoms with E-state index < -0.39 is 17.6 Å². The van der Waals surface area contributed by atoms with Gasteiger partial charge in [-0.3, -0.25) is 19.7 Å². The van der Waals surface area contributed by atoms with Gasteiger partial charge in [-0.1, -0.05) is 11.6 Å². The van der Waals surface area contributed by atoms with Gasteiger partial charge in [-0.2, -0.15) is 9.07 Å². The number of fused-ring (bicyclic) bond motifs is 3. The summed E-state index contributed by atoms with van der Waals surface area (Å²) in [5.74, 6) is 0.301. The average molecular weight is 602 g/mol. The third-order valence-electron chi connectivity index (χ3n) is 7.59. The van der Waals surface area contributed by atoms with Crippen molar-refractivity contribution in [1.29, 1.82) is 0 Å². The van der Waals surface area contributed by atoms with Crippen molar-refractivity contribution in [2.24, 2.45) is 10.9 Å². The molecule has 1 saturated carbocycles. The molecule has 12 nitrogen and oxygen atoms in total. The second kappa shape index (κ2) is 9.90. The molecule has 0 bridgehead atoms. The van der Waals surface area contributed by atoms with Crippen molar-refractivity contribution in [2.45, 2.75) is 51.2 Å². The minimum absolute atomic E-state index is 0.0390. The topological polar surface area (TPSA) is 142 Å². The molecule has 3 aromatic heterocycles. The highest BCUT2D eigenvalue weighted by atomic mass is 35.5. The van der Waals surface area contributed by atoms with E-state index in [1.807, 2.05) is 0 Å². The first kappa shape index (κ1) is 27.1. The molecule has 14 heteroatoms. The Bertz CT molecular complexity index is 1910. The highest BCUT2D eigenvalue weighted by molar-refractivity contribution is 6.31. The molecule has 43 heavy (non-hydrogen) atoms.